The van der Waals surface area contributed by atoms with Crippen molar-refractivity contribution in [3.63, 3.8) is 0 Å². The molecule has 1 N–H and O–H groups in total. The van der Waals surface area contributed by atoms with Crippen LogP contribution in [0.25, 0.3) is 11.2 Å². The number of imidazole rings is 1. The summed E-state index contributed by atoms with van der Waals surface area (Å²) in [7, 11) is 0. The lowest BCUT2D eigenvalue weighted by molar-refractivity contribution is 0.349. The van der Waals surface area contributed by atoms with Gasteiger partial charge in [-0.3, -0.25) is 0 Å². The fourth-order valence-corrected chi connectivity index (χ4v) is 1.60. The molecule has 1 aliphatic rings. The highest BCUT2D eigenvalue weighted by Crippen LogP contribution is 2.17. The Bertz CT molecular complexity index is 438. The average Bonchev–Trinajstić information content (AvgIpc) is 2.47. The van der Waals surface area contributed by atoms with Gasteiger partial charge >= 0.3 is 0 Å². The minimum Gasteiger partial charge on any atom is -0.313 e. The molecule has 82 valence electrons. The van der Waals surface area contributed by atoms with Gasteiger partial charge in [0.15, 0.2) is 5.65 Å². The van der Waals surface area contributed by atoms with Gasteiger partial charge in [0.1, 0.15) is 5.52 Å². The van der Waals surface area contributed by atoms with Crippen molar-refractivity contribution in [2.24, 2.45) is 0 Å². The summed E-state index contributed by atoms with van der Waals surface area (Å²) >= 11 is 0. The molecule has 3 heterocycles. The number of rotatable bonds is 1. The summed E-state index contributed by atoms with van der Waals surface area (Å²) in [5, 5.41) is 3.24. The van der Waals surface area contributed by atoms with Crippen molar-refractivity contribution in [3.8, 4) is 0 Å². The zero-order chi connectivity index (χ0) is 8.67. The molecule has 0 bridgehead atoms. The number of hydrogen-bond donors (Lipinski definition) is 1. The second kappa shape index (κ2) is 4.79. The molecule has 2 aromatic rings. The van der Waals surface area contributed by atoms with E-state index >= 15 is 0 Å². The molecule has 0 aromatic carbocycles. The van der Waals surface area contributed by atoms with Gasteiger partial charge < -0.3 is 9.88 Å². The number of fused-ring (bicyclic) bond motifs is 1. The normalized spacial score (nSPS) is 15.2. The number of halogens is 2. The van der Waals surface area contributed by atoms with Crippen LogP contribution in [0.4, 0.5) is 0 Å². The molecule has 2 aromatic heterocycles. The first-order chi connectivity index (χ1) is 6.45. The van der Waals surface area contributed by atoms with E-state index in [1.165, 1.54) is 0 Å². The van der Waals surface area contributed by atoms with Crippen molar-refractivity contribution < 1.29 is 0 Å². The molecule has 0 aliphatic carbocycles. The average molecular weight is 247 g/mol. The second-order valence-electron chi connectivity index (χ2n) is 3.31. The lowest BCUT2D eigenvalue weighted by Crippen LogP contribution is -2.43. The zero-order valence-electron chi connectivity index (χ0n) is 7.96. The van der Waals surface area contributed by atoms with Crippen molar-refractivity contribution >= 4 is 36.0 Å². The number of hydrogen-bond acceptors (Lipinski definition) is 3. The minimum absolute atomic E-state index is 0. The Morgan fingerprint density at radius 1 is 1.27 bits per heavy atom. The maximum absolute atomic E-state index is 4.32. The Balaban J connectivity index is 0.000000562. The molecule has 0 atom stereocenters. The van der Waals surface area contributed by atoms with Crippen molar-refractivity contribution in [2.75, 3.05) is 13.1 Å². The molecule has 6 heteroatoms. The van der Waals surface area contributed by atoms with Gasteiger partial charge in [0.25, 0.3) is 0 Å². The predicted molar refractivity (Wildman–Crippen MR) is 63.9 cm³/mol. The van der Waals surface area contributed by atoms with Gasteiger partial charge in [0.05, 0.1) is 12.4 Å². The molecule has 4 nitrogen and oxygen atoms in total. The van der Waals surface area contributed by atoms with Crippen LogP contribution in [0.2, 0.25) is 0 Å². The van der Waals surface area contributed by atoms with Crippen molar-refractivity contribution in [1.29, 1.82) is 0 Å². The summed E-state index contributed by atoms with van der Waals surface area (Å²) in [4.78, 5) is 8.61. The van der Waals surface area contributed by atoms with Crippen LogP contribution in [-0.2, 0) is 0 Å². The lowest BCUT2D eigenvalue weighted by Gasteiger charge is -2.28. The fourth-order valence-electron chi connectivity index (χ4n) is 1.60. The van der Waals surface area contributed by atoms with Gasteiger partial charge in [-0.15, -0.1) is 24.8 Å². The molecule has 0 spiro atoms. The van der Waals surface area contributed by atoms with E-state index in [0.717, 1.165) is 24.3 Å². The van der Waals surface area contributed by atoms with Gasteiger partial charge in [-0.2, -0.15) is 0 Å². The standard InChI is InChI=1S/C9H10N4.2ClH/c1-2-8-9(11-3-1)13(6-12-8)7-4-10-5-7;;/h1-3,6-7,10H,4-5H2;2*1H. The van der Waals surface area contributed by atoms with Gasteiger partial charge in [-0.05, 0) is 12.1 Å². The number of nitrogens with one attached hydrogen (secondary N) is 1. The predicted octanol–water partition coefficient (Wildman–Crippen LogP) is 1.42. The maximum Gasteiger partial charge on any atom is 0.160 e. The lowest BCUT2D eigenvalue weighted by atomic mass is 10.2. The summed E-state index contributed by atoms with van der Waals surface area (Å²) in [5.41, 5.74) is 1.98. The highest BCUT2D eigenvalue weighted by atomic mass is 35.5. The van der Waals surface area contributed by atoms with E-state index in [-0.39, 0.29) is 24.8 Å². The van der Waals surface area contributed by atoms with E-state index in [2.05, 4.69) is 19.9 Å². The maximum atomic E-state index is 4.32. The highest BCUT2D eigenvalue weighted by Gasteiger charge is 2.20. The molecule has 1 aliphatic heterocycles. The molecule has 3 rings (SSSR count). The summed E-state index contributed by atoms with van der Waals surface area (Å²) < 4.78 is 2.14. The third-order valence-corrected chi connectivity index (χ3v) is 2.49. The monoisotopic (exact) mass is 246 g/mol. The molecule has 0 amide bonds. The topological polar surface area (TPSA) is 42.7 Å². The van der Waals surface area contributed by atoms with E-state index in [9.17, 15) is 0 Å². The zero-order valence-corrected chi connectivity index (χ0v) is 9.59. The molecule has 0 saturated carbocycles. The van der Waals surface area contributed by atoms with E-state index in [4.69, 9.17) is 0 Å². The molecule has 0 radical (unpaired) electrons. The number of aromatic nitrogens is 3. The molecular formula is C9H12Cl2N4. The largest absolute Gasteiger partial charge is 0.313 e. The summed E-state index contributed by atoms with van der Waals surface area (Å²) in [6.07, 6.45) is 3.69. The van der Waals surface area contributed by atoms with Crippen molar-refractivity contribution in [2.45, 2.75) is 6.04 Å². The van der Waals surface area contributed by atoms with Gasteiger partial charge in [0.2, 0.25) is 0 Å². The molecular weight excluding hydrogens is 235 g/mol. The van der Waals surface area contributed by atoms with Crippen LogP contribution < -0.4 is 5.32 Å². The Labute approximate surface area is 99.9 Å². The van der Waals surface area contributed by atoms with Crippen LogP contribution in [0, 0.1) is 0 Å². The molecule has 1 fully saturated rings. The minimum atomic E-state index is 0. The Kier molecular flexibility index (Phi) is 3.90. The number of pyridine rings is 1. The van der Waals surface area contributed by atoms with Crippen LogP contribution in [0.1, 0.15) is 6.04 Å². The highest BCUT2D eigenvalue weighted by molar-refractivity contribution is 5.85. The first kappa shape index (κ1) is 12.2. The Morgan fingerprint density at radius 2 is 2.07 bits per heavy atom. The van der Waals surface area contributed by atoms with E-state index in [0.29, 0.717) is 6.04 Å². The van der Waals surface area contributed by atoms with Gasteiger partial charge in [-0.25, -0.2) is 9.97 Å². The third-order valence-electron chi connectivity index (χ3n) is 2.49. The van der Waals surface area contributed by atoms with Crippen LogP contribution >= 0.6 is 24.8 Å². The van der Waals surface area contributed by atoms with Crippen molar-refractivity contribution in [1.82, 2.24) is 19.9 Å². The summed E-state index contributed by atoms with van der Waals surface area (Å²) in [5.74, 6) is 0. The molecule has 15 heavy (non-hydrogen) atoms. The third kappa shape index (κ3) is 1.93. The first-order valence-electron chi connectivity index (χ1n) is 4.43. The van der Waals surface area contributed by atoms with Crippen molar-refractivity contribution in [3.05, 3.63) is 24.7 Å². The van der Waals surface area contributed by atoms with E-state index in [1.807, 2.05) is 24.7 Å². The first-order valence-corrected chi connectivity index (χ1v) is 4.43. The van der Waals surface area contributed by atoms with Crippen LogP contribution in [0.15, 0.2) is 24.7 Å². The summed E-state index contributed by atoms with van der Waals surface area (Å²) in [6.45, 7) is 2.06. The quantitative estimate of drug-likeness (QED) is 0.828. The fraction of sp³-hybridized carbons (Fsp3) is 0.333. The smallest absolute Gasteiger partial charge is 0.160 e. The molecule has 0 unspecified atom stereocenters. The van der Waals surface area contributed by atoms with Crippen LogP contribution in [-0.4, -0.2) is 27.6 Å². The van der Waals surface area contributed by atoms with E-state index in [1.54, 1.807) is 0 Å². The SMILES string of the molecule is Cl.Cl.c1cnc2c(c1)ncn2C1CNC1. The van der Waals surface area contributed by atoms with Crippen LogP contribution in [0.5, 0.6) is 0 Å². The van der Waals surface area contributed by atoms with Gasteiger partial charge in [0, 0.05) is 19.3 Å². The molecule has 1 saturated heterocycles. The Hall–Kier alpha value is -0.840. The van der Waals surface area contributed by atoms with Crippen LogP contribution in [0.3, 0.4) is 0 Å². The van der Waals surface area contributed by atoms with E-state index < -0.39 is 0 Å². The van der Waals surface area contributed by atoms with Gasteiger partial charge in [-0.1, -0.05) is 0 Å². The number of nitrogens with zero attached hydrogens (tertiary/aromatic N) is 3. The second-order valence-corrected chi connectivity index (χ2v) is 3.31. The Morgan fingerprint density at radius 3 is 2.73 bits per heavy atom. The summed E-state index contributed by atoms with van der Waals surface area (Å²) in [6, 6.07) is 4.45.